The predicted molar refractivity (Wildman–Crippen MR) is 110 cm³/mol. The van der Waals surface area contributed by atoms with Crippen LogP contribution in [0, 0.1) is 5.82 Å². The number of hydrazone groups is 1. The lowest BCUT2D eigenvalue weighted by Gasteiger charge is -2.15. The smallest absolute Gasteiger partial charge is 0.306 e. The highest BCUT2D eigenvalue weighted by Gasteiger charge is 2.34. The van der Waals surface area contributed by atoms with Gasteiger partial charge in [-0.2, -0.15) is 18.3 Å². The van der Waals surface area contributed by atoms with E-state index in [0.717, 1.165) is 17.1 Å². The molecule has 1 atom stereocenters. The summed E-state index contributed by atoms with van der Waals surface area (Å²) in [5.41, 5.74) is 0.498. The molecule has 0 aliphatic carbocycles. The van der Waals surface area contributed by atoms with E-state index in [4.69, 9.17) is 11.6 Å². The lowest BCUT2D eigenvalue weighted by atomic mass is 9.98. The van der Waals surface area contributed by atoms with Gasteiger partial charge in [-0.25, -0.2) is 19.2 Å². The first-order valence-corrected chi connectivity index (χ1v) is 10.1. The average Bonchev–Trinajstić information content (AvgIpc) is 3.35. The van der Waals surface area contributed by atoms with Crippen molar-refractivity contribution in [3.63, 3.8) is 0 Å². The van der Waals surface area contributed by atoms with Crippen molar-refractivity contribution < 1.29 is 22.4 Å². The van der Waals surface area contributed by atoms with Crippen LogP contribution in [-0.2, 0) is 6.18 Å². The van der Waals surface area contributed by atoms with Crippen LogP contribution < -0.4 is 5.32 Å². The second-order valence-corrected chi connectivity index (χ2v) is 8.33. The van der Waals surface area contributed by atoms with E-state index >= 15 is 0 Å². The Morgan fingerprint density at radius 2 is 1.81 bits per heavy atom. The molecule has 0 bridgehead atoms. The highest BCUT2D eigenvalue weighted by molar-refractivity contribution is 7.16. The molecule has 0 spiro atoms. The topological polar surface area (TPSA) is 57.6 Å². The standard InChI is InChI=1S/C20H13ClF4N4OS/c21-16-9-26-18(31-16)15-10-29(28-17(15)11-1-5-13(22)6-2-11)19(30)27-14-7-3-12(4-8-14)20(23,24)25/h1-9,15H,10H2,(H,27,30). The number of hydrogen-bond acceptors (Lipinski definition) is 4. The zero-order chi connectivity index (χ0) is 22.2. The summed E-state index contributed by atoms with van der Waals surface area (Å²) in [6.07, 6.45) is -2.97. The lowest BCUT2D eigenvalue weighted by molar-refractivity contribution is -0.137. The molecule has 2 amide bonds. The molecular formula is C20H13ClF4N4OS. The molecule has 0 saturated heterocycles. The van der Waals surface area contributed by atoms with Crippen LogP contribution in [0.4, 0.5) is 28.0 Å². The molecule has 1 aliphatic rings. The van der Waals surface area contributed by atoms with Crippen molar-refractivity contribution in [1.82, 2.24) is 9.99 Å². The van der Waals surface area contributed by atoms with Gasteiger partial charge in [0.1, 0.15) is 15.2 Å². The van der Waals surface area contributed by atoms with E-state index in [2.05, 4.69) is 15.4 Å². The summed E-state index contributed by atoms with van der Waals surface area (Å²) < 4.78 is 51.9. The summed E-state index contributed by atoms with van der Waals surface area (Å²) >= 11 is 7.24. The van der Waals surface area contributed by atoms with E-state index in [1.807, 2.05) is 0 Å². The molecule has 1 unspecified atom stereocenters. The molecule has 160 valence electrons. The van der Waals surface area contributed by atoms with Crippen LogP contribution in [0.3, 0.4) is 0 Å². The Hall–Kier alpha value is -2.98. The molecule has 11 heteroatoms. The Balaban J connectivity index is 1.57. The first-order valence-electron chi connectivity index (χ1n) is 8.92. The van der Waals surface area contributed by atoms with Crippen molar-refractivity contribution in [3.8, 4) is 0 Å². The predicted octanol–water partition coefficient (Wildman–Crippen LogP) is 5.99. The minimum Gasteiger partial charge on any atom is -0.306 e. The molecule has 0 radical (unpaired) electrons. The number of amides is 2. The molecule has 2 aromatic carbocycles. The van der Waals surface area contributed by atoms with Gasteiger partial charge < -0.3 is 5.32 Å². The van der Waals surface area contributed by atoms with Crippen LogP contribution in [-0.4, -0.2) is 28.3 Å². The average molecular weight is 469 g/mol. The first-order chi connectivity index (χ1) is 14.7. The molecule has 4 rings (SSSR count). The Labute approximate surface area is 183 Å². The van der Waals surface area contributed by atoms with Crippen molar-refractivity contribution in [2.24, 2.45) is 5.10 Å². The molecule has 0 fully saturated rings. The van der Waals surface area contributed by atoms with Gasteiger partial charge in [-0.1, -0.05) is 23.7 Å². The maximum Gasteiger partial charge on any atom is 0.416 e. The third kappa shape index (κ3) is 4.70. The molecule has 1 aromatic heterocycles. The quantitative estimate of drug-likeness (QED) is 0.480. The first kappa shape index (κ1) is 21.3. The van der Waals surface area contributed by atoms with Crippen LogP contribution in [0.25, 0.3) is 0 Å². The van der Waals surface area contributed by atoms with Gasteiger partial charge >= 0.3 is 12.2 Å². The number of carbonyl (C=O) groups is 1. The normalized spacial score (nSPS) is 16.4. The number of halogens is 5. The number of urea groups is 1. The van der Waals surface area contributed by atoms with E-state index in [1.54, 1.807) is 12.1 Å². The monoisotopic (exact) mass is 468 g/mol. The summed E-state index contributed by atoms with van der Waals surface area (Å²) in [4.78, 5) is 17.0. The number of rotatable bonds is 3. The van der Waals surface area contributed by atoms with Gasteiger partial charge in [0.25, 0.3) is 0 Å². The van der Waals surface area contributed by atoms with Gasteiger partial charge in [0.05, 0.1) is 29.9 Å². The van der Waals surface area contributed by atoms with Gasteiger partial charge in [-0.15, -0.1) is 11.3 Å². The number of nitrogens with zero attached hydrogens (tertiary/aromatic N) is 3. The fourth-order valence-electron chi connectivity index (χ4n) is 3.06. The van der Waals surface area contributed by atoms with Crippen LogP contribution in [0.1, 0.15) is 22.1 Å². The Kier molecular flexibility index (Phi) is 5.67. The number of hydrogen-bond donors (Lipinski definition) is 1. The third-order valence-electron chi connectivity index (χ3n) is 4.55. The van der Waals surface area contributed by atoms with Crippen molar-refractivity contribution in [3.05, 3.63) is 81.0 Å². The molecule has 5 nitrogen and oxygen atoms in total. The maximum atomic E-state index is 13.3. The van der Waals surface area contributed by atoms with Gasteiger partial charge in [-0.3, -0.25) is 0 Å². The van der Waals surface area contributed by atoms with E-state index in [0.29, 0.717) is 20.6 Å². The molecule has 0 saturated carbocycles. The fraction of sp³-hybridized carbons (Fsp3) is 0.150. The largest absolute Gasteiger partial charge is 0.416 e. The van der Waals surface area contributed by atoms with Crippen molar-refractivity contribution in [2.75, 3.05) is 11.9 Å². The zero-order valence-electron chi connectivity index (χ0n) is 15.5. The van der Waals surface area contributed by atoms with E-state index in [-0.39, 0.29) is 18.2 Å². The number of carbonyl (C=O) groups excluding carboxylic acids is 1. The fourth-order valence-corrected chi connectivity index (χ4v) is 4.09. The van der Waals surface area contributed by atoms with Gasteiger partial charge in [0.2, 0.25) is 0 Å². The molecule has 2 heterocycles. The molecular weight excluding hydrogens is 456 g/mol. The molecule has 1 aliphatic heterocycles. The minimum atomic E-state index is -4.46. The summed E-state index contributed by atoms with van der Waals surface area (Å²) in [6.45, 7) is 0.142. The number of aromatic nitrogens is 1. The minimum absolute atomic E-state index is 0.142. The van der Waals surface area contributed by atoms with Crippen LogP contribution in [0.2, 0.25) is 4.34 Å². The second kappa shape index (κ2) is 8.27. The second-order valence-electron chi connectivity index (χ2n) is 6.63. The van der Waals surface area contributed by atoms with Gasteiger partial charge in [0.15, 0.2) is 0 Å². The third-order valence-corrected chi connectivity index (χ3v) is 5.77. The molecule has 3 aromatic rings. The molecule has 31 heavy (non-hydrogen) atoms. The van der Waals surface area contributed by atoms with Gasteiger partial charge in [0, 0.05) is 5.69 Å². The zero-order valence-corrected chi connectivity index (χ0v) is 17.1. The summed E-state index contributed by atoms with van der Waals surface area (Å²) in [6, 6.07) is 9.15. The number of nitrogens with one attached hydrogen (secondary N) is 1. The Morgan fingerprint density at radius 1 is 1.13 bits per heavy atom. The van der Waals surface area contributed by atoms with E-state index in [9.17, 15) is 22.4 Å². The summed E-state index contributed by atoms with van der Waals surface area (Å²) in [5.74, 6) is -0.797. The van der Waals surface area contributed by atoms with Crippen LogP contribution in [0.15, 0.2) is 59.8 Å². The maximum absolute atomic E-state index is 13.3. The van der Waals surface area contributed by atoms with E-state index < -0.39 is 23.6 Å². The number of anilines is 1. The highest BCUT2D eigenvalue weighted by atomic mass is 35.5. The highest BCUT2D eigenvalue weighted by Crippen LogP contribution is 2.34. The van der Waals surface area contributed by atoms with Crippen molar-refractivity contribution >= 4 is 40.4 Å². The van der Waals surface area contributed by atoms with Crippen molar-refractivity contribution in [1.29, 1.82) is 0 Å². The summed E-state index contributed by atoms with van der Waals surface area (Å²) in [7, 11) is 0. The SMILES string of the molecule is O=C(Nc1ccc(C(F)(F)F)cc1)N1CC(c2ncc(Cl)s2)C(c2ccc(F)cc2)=N1. The number of thiazole rings is 1. The van der Waals surface area contributed by atoms with Crippen LogP contribution >= 0.6 is 22.9 Å². The number of benzene rings is 2. The summed E-state index contributed by atoms with van der Waals surface area (Å²) in [5, 5.41) is 8.70. The van der Waals surface area contributed by atoms with Crippen LogP contribution in [0.5, 0.6) is 0 Å². The Bertz CT molecular complexity index is 1130. The molecule has 1 N–H and O–H groups in total. The Morgan fingerprint density at radius 3 is 2.39 bits per heavy atom. The van der Waals surface area contributed by atoms with Crippen molar-refractivity contribution in [2.45, 2.75) is 12.1 Å². The van der Waals surface area contributed by atoms with E-state index in [1.165, 1.54) is 41.8 Å². The van der Waals surface area contributed by atoms with Gasteiger partial charge in [-0.05, 0) is 42.0 Å². The lowest BCUT2D eigenvalue weighted by Crippen LogP contribution is -2.30. The number of alkyl halides is 3.